The number of carbonyl (C=O) groups is 2. The van der Waals surface area contributed by atoms with Crippen molar-refractivity contribution in [3.63, 3.8) is 0 Å². The monoisotopic (exact) mass is 399 g/mol. The van der Waals surface area contributed by atoms with Gasteiger partial charge in [-0.05, 0) is 24.3 Å². The number of nitrogens with zero attached hydrogens (tertiary/aromatic N) is 3. The molecule has 0 saturated heterocycles. The summed E-state index contributed by atoms with van der Waals surface area (Å²) in [6.07, 6.45) is 1.05. The topological polar surface area (TPSA) is 142 Å². The number of nitrogens with two attached hydrogens (primary N) is 1. The SMILES string of the molecule is CC(=O)N(/C=C(/C#N)C(=O)Nc1cc([N+](=O)[O-])ccc1Cl)c1cccc(N)c1. The van der Waals surface area contributed by atoms with E-state index < -0.39 is 22.3 Å². The third-order valence-electron chi connectivity index (χ3n) is 3.52. The van der Waals surface area contributed by atoms with E-state index in [-0.39, 0.29) is 16.4 Å². The number of nitrogens with one attached hydrogen (secondary N) is 1. The lowest BCUT2D eigenvalue weighted by atomic mass is 10.2. The van der Waals surface area contributed by atoms with E-state index in [4.69, 9.17) is 17.3 Å². The molecule has 142 valence electrons. The number of nitro groups is 1. The maximum absolute atomic E-state index is 12.4. The summed E-state index contributed by atoms with van der Waals surface area (Å²) in [4.78, 5) is 35.7. The Bertz CT molecular complexity index is 1030. The van der Waals surface area contributed by atoms with Gasteiger partial charge in [-0.1, -0.05) is 17.7 Å². The molecular formula is C18H14ClN5O4. The molecule has 0 atom stereocenters. The fourth-order valence-corrected chi connectivity index (χ4v) is 2.37. The lowest BCUT2D eigenvalue weighted by molar-refractivity contribution is -0.384. The smallest absolute Gasteiger partial charge is 0.271 e. The number of rotatable bonds is 5. The Morgan fingerprint density at radius 3 is 2.61 bits per heavy atom. The second-order valence-electron chi connectivity index (χ2n) is 5.51. The van der Waals surface area contributed by atoms with Gasteiger partial charge >= 0.3 is 0 Å². The Balaban J connectivity index is 2.36. The maximum Gasteiger partial charge on any atom is 0.271 e. The zero-order valence-electron chi connectivity index (χ0n) is 14.5. The number of amides is 2. The van der Waals surface area contributed by atoms with Crippen LogP contribution in [0.1, 0.15) is 6.92 Å². The highest BCUT2D eigenvalue weighted by Crippen LogP contribution is 2.27. The summed E-state index contributed by atoms with van der Waals surface area (Å²) < 4.78 is 0. The Kier molecular flexibility index (Phi) is 6.31. The highest BCUT2D eigenvalue weighted by Gasteiger charge is 2.18. The molecular weight excluding hydrogens is 386 g/mol. The molecule has 3 N–H and O–H groups in total. The van der Waals surface area contributed by atoms with Gasteiger partial charge in [0, 0.05) is 30.9 Å². The van der Waals surface area contributed by atoms with Gasteiger partial charge in [-0.25, -0.2) is 0 Å². The van der Waals surface area contributed by atoms with Crippen LogP contribution in [0.15, 0.2) is 54.2 Å². The van der Waals surface area contributed by atoms with Crippen LogP contribution in [0.5, 0.6) is 0 Å². The molecule has 0 radical (unpaired) electrons. The molecule has 10 heteroatoms. The van der Waals surface area contributed by atoms with Crippen LogP contribution in [0.25, 0.3) is 0 Å². The van der Waals surface area contributed by atoms with Crippen molar-refractivity contribution in [2.75, 3.05) is 16.0 Å². The van der Waals surface area contributed by atoms with E-state index in [1.807, 2.05) is 0 Å². The minimum absolute atomic E-state index is 0.0413. The van der Waals surface area contributed by atoms with Gasteiger partial charge in [0.25, 0.3) is 11.6 Å². The quantitative estimate of drug-likeness (QED) is 0.260. The van der Waals surface area contributed by atoms with Crippen LogP contribution in [-0.2, 0) is 9.59 Å². The number of hydrogen-bond donors (Lipinski definition) is 2. The number of anilines is 3. The van der Waals surface area contributed by atoms with E-state index >= 15 is 0 Å². The highest BCUT2D eigenvalue weighted by molar-refractivity contribution is 6.34. The fourth-order valence-electron chi connectivity index (χ4n) is 2.20. The van der Waals surface area contributed by atoms with E-state index in [1.54, 1.807) is 24.3 Å². The Hall–Kier alpha value is -3.90. The molecule has 0 bridgehead atoms. The molecule has 28 heavy (non-hydrogen) atoms. The molecule has 9 nitrogen and oxygen atoms in total. The minimum Gasteiger partial charge on any atom is -0.399 e. The first-order valence-corrected chi connectivity index (χ1v) is 8.13. The average molecular weight is 400 g/mol. The third kappa shape index (κ3) is 4.84. The molecule has 0 heterocycles. The summed E-state index contributed by atoms with van der Waals surface area (Å²) in [6, 6.07) is 11.5. The predicted octanol–water partition coefficient (Wildman–Crippen LogP) is 3.23. The highest BCUT2D eigenvalue weighted by atomic mass is 35.5. The first-order valence-electron chi connectivity index (χ1n) is 7.75. The van der Waals surface area contributed by atoms with Crippen LogP contribution in [0.3, 0.4) is 0 Å². The number of benzene rings is 2. The van der Waals surface area contributed by atoms with Crippen LogP contribution in [0, 0.1) is 21.4 Å². The van der Waals surface area contributed by atoms with Gasteiger partial charge in [0.1, 0.15) is 11.6 Å². The van der Waals surface area contributed by atoms with E-state index in [0.29, 0.717) is 11.4 Å². The van der Waals surface area contributed by atoms with Crippen LogP contribution >= 0.6 is 11.6 Å². The van der Waals surface area contributed by atoms with Crippen molar-refractivity contribution >= 4 is 46.2 Å². The second kappa shape index (κ2) is 8.66. The van der Waals surface area contributed by atoms with Crippen molar-refractivity contribution in [1.82, 2.24) is 0 Å². The fraction of sp³-hybridized carbons (Fsp3) is 0.0556. The zero-order valence-corrected chi connectivity index (χ0v) is 15.3. The normalized spacial score (nSPS) is 10.7. The Labute approximate surface area is 164 Å². The molecule has 0 aromatic heterocycles. The largest absolute Gasteiger partial charge is 0.399 e. The van der Waals surface area contributed by atoms with E-state index in [1.165, 1.54) is 25.1 Å². The van der Waals surface area contributed by atoms with Crippen LogP contribution < -0.4 is 16.0 Å². The van der Waals surface area contributed by atoms with Crippen LogP contribution in [-0.4, -0.2) is 16.7 Å². The molecule has 2 aromatic rings. The second-order valence-corrected chi connectivity index (χ2v) is 5.92. The van der Waals surface area contributed by atoms with Crippen molar-refractivity contribution in [1.29, 1.82) is 5.26 Å². The van der Waals surface area contributed by atoms with E-state index in [0.717, 1.165) is 17.2 Å². The predicted molar refractivity (Wildman–Crippen MR) is 104 cm³/mol. The number of halogens is 1. The van der Waals surface area contributed by atoms with Crippen LogP contribution in [0.4, 0.5) is 22.7 Å². The number of nitrogen functional groups attached to an aromatic ring is 1. The summed E-state index contributed by atoms with van der Waals surface area (Å²) >= 11 is 5.94. The molecule has 2 amide bonds. The molecule has 0 fully saturated rings. The van der Waals surface area contributed by atoms with Crippen molar-refractivity contribution in [3.8, 4) is 6.07 Å². The summed E-state index contributed by atoms with van der Waals surface area (Å²) in [7, 11) is 0. The summed E-state index contributed by atoms with van der Waals surface area (Å²) in [5.74, 6) is -1.35. The van der Waals surface area contributed by atoms with Gasteiger partial charge in [0.05, 0.1) is 21.3 Å². The Morgan fingerprint density at radius 2 is 2.04 bits per heavy atom. The van der Waals surface area contributed by atoms with Crippen molar-refractivity contribution in [2.24, 2.45) is 0 Å². The molecule has 2 rings (SSSR count). The Morgan fingerprint density at radius 1 is 1.32 bits per heavy atom. The standard InChI is InChI=1S/C18H14ClN5O4/c1-11(25)23(14-4-2-3-13(21)7-14)10-12(9-20)18(26)22-17-8-15(24(27)28)5-6-16(17)19/h2-8,10H,21H2,1H3,(H,22,26)/b12-10-. The summed E-state index contributed by atoms with van der Waals surface area (Å²) in [5.41, 5.74) is 5.72. The van der Waals surface area contributed by atoms with Gasteiger partial charge in [0.2, 0.25) is 5.91 Å². The number of nitro benzene ring substituents is 1. The first-order chi connectivity index (χ1) is 13.2. The summed E-state index contributed by atoms with van der Waals surface area (Å²) in [5, 5.41) is 22.6. The number of non-ortho nitro benzene ring substituents is 1. The molecule has 0 aliphatic carbocycles. The first kappa shape index (κ1) is 20.4. The number of hydrogen-bond acceptors (Lipinski definition) is 6. The van der Waals surface area contributed by atoms with Crippen molar-refractivity contribution in [2.45, 2.75) is 6.92 Å². The van der Waals surface area contributed by atoms with Gasteiger partial charge < -0.3 is 11.1 Å². The number of nitriles is 1. The van der Waals surface area contributed by atoms with Gasteiger partial charge in [-0.2, -0.15) is 5.26 Å². The van der Waals surface area contributed by atoms with Gasteiger partial charge in [-0.3, -0.25) is 24.6 Å². The van der Waals surface area contributed by atoms with Gasteiger partial charge in [-0.15, -0.1) is 0 Å². The lowest BCUT2D eigenvalue weighted by Gasteiger charge is -2.17. The van der Waals surface area contributed by atoms with E-state index in [9.17, 15) is 25.0 Å². The third-order valence-corrected chi connectivity index (χ3v) is 3.85. The average Bonchev–Trinajstić information content (AvgIpc) is 2.63. The lowest BCUT2D eigenvalue weighted by Crippen LogP contribution is -2.25. The van der Waals surface area contributed by atoms with Crippen molar-refractivity contribution < 1.29 is 14.5 Å². The number of carbonyl (C=O) groups excluding carboxylic acids is 2. The van der Waals surface area contributed by atoms with Gasteiger partial charge in [0.15, 0.2) is 0 Å². The molecule has 2 aromatic carbocycles. The molecule has 0 unspecified atom stereocenters. The molecule has 0 aliphatic rings. The molecule has 0 aliphatic heterocycles. The minimum atomic E-state index is -0.889. The van der Waals surface area contributed by atoms with Crippen molar-refractivity contribution in [3.05, 3.63) is 69.4 Å². The van der Waals surface area contributed by atoms with E-state index in [2.05, 4.69) is 5.32 Å². The molecule has 0 spiro atoms. The van der Waals surface area contributed by atoms with Crippen LogP contribution in [0.2, 0.25) is 5.02 Å². The molecule has 0 saturated carbocycles. The zero-order chi connectivity index (χ0) is 20.8. The maximum atomic E-state index is 12.4. The summed E-state index contributed by atoms with van der Waals surface area (Å²) in [6.45, 7) is 1.25.